The SMILES string of the molecule is O=C(O)C1(CNc2ncnc3sc4c(c23)CCCC4)CCC1. The molecule has 0 unspecified atom stereocenters. The summed E-state index contributed by atoms with van der Waals surface area (Å²) in [4.78, 5) is 22.8. The number of aryl methyl sites for hydroxylation is 2. The van der Waals surface area contributed by atoms with Crippen molar-refractivity contribution in [2.45, 2.75) is 44.9 Å². The van der Waals surface area contributed by atoms with Crippen molar-refractivity contribution in [1.82, 2.24) is 9.97 Å². The molecule has 2 aromatic heterocycles. The van der Waals surface area contributed by atoms with Gasteiger partial charge in [0.25, 0.3) is 0 Å². The fourth-order valence-electron chi connectivity index (χ4n) is 3.55. The molecule has 2 aliphatic carbocycles. The first-order valence-corrected chi connectivity index (χ1v) is 8.74. The summed E-state index contributed by atoms with van der Waals surface area (Å²) in [6.07, 6.45) is 8.78. The standard InChI is InChI=1S/C16H19N3O2S/c20-15(21)16(6-3-7-16)8-17-13-12-10-4-1-2-5-11(10)22-14(12)19-9-18-13/h9H,1-8H2,(H,20,21)(H,17,18,19). The Morgan fingerprint density at radius 3 is 2.82 bits per heavy atom. The second kappa shape index (κ2) is 5.19. The number of fused-ring (bicyclic) bond motifs is 3. The average molecular weight is 317 g/mol. The van der Waals surface area contributed by atoms with Gasteiger partial charge in [0.1, 0.15) is 17.0 Å². The minimum absolute atomic E-state index is 0.457. The van der Waals surface area contributed by atoms with Crippen LogP contribution in [-0.4, -0.2) is 27.6 Å². The molecule has 0 atom stereocenters. The largest absolute Gasteiger partial charge is 0.481 e. The Morgan fingerprint density at radius 2 is 2.09 bits per heavy atom. The van der Waals surface area contributed by atoms with Gasteiger partial charge < -0.3 is 10.4 Å². The van der Waals surface area contributed by atoms with Crippen LogP contribution in [0.2, 0.25) is 0 Å². The van der Waals surface area contributed by atoms with E-state index in [1.165, 1.54) is 23.3 Å². The zero-order chi connectivity index (χ0) is 15.2. The number of thiophene rings is 1. The highest BCUT2D eigenvalue weighted by Gasteiger charge is 2.44. The average Bonchev–Trinajstić information content (AvgIpc) is 2.85. The third-order valence-corrected chi connectivity index (χ3v) is 6.31. The van der Waals surface area contributed by atoms with Crippen molar-refractivity contribution in [3.63, 3.8) is 0 Å². The molecule has 6 heteroatoms. The van der Waals surface area contributed by atoms with E-state index in [1.807, 2.05) is 0 Å². The fraction of sp³-hybridized carbons (Fsp3) is 0.562. The topological polar surface area (TPSA) is 75.1 Å². The molecule has 4 rings (SSSR count). The lowest BCUT2D eigenvalue weighted by Gasteiger charge is -2.37. The van der Waals surface area contributed by atoms with Crippen molar-refractivity contribution < 1.29 is 9.90 Å². The van der Waals surface area contributed by atoms with Crippen molar-refractivity contribution >= 4 is 33.3 Å². The lowest BCUT2D eigenvalue weighted by Crippen LogP contribution is -2.43. The quantitative estimate of drug-likeness (QED) is 0.905. The van der Waals surface area contributed by atoms with E-state index in [0.29, 0.717) is 6.54 Å². The summed E-state index contributed by atoms with van der Waals surface area (Å²) in [5, 5.41) is 13.9. The number of hydrogen-bond acceptors (Lipinski definition) is 5. The number of aliphatic carboxylic acids is 1. The highest BCUT2D eigenvalue weighted by molar-refractivity contribution is 7.19. The Balaban J connectivity index is 1.67. The number of anilines is 1. The normalized spacial score (nSPS) is 19.5. The van der Waals surface area contributed by atoms with Crippen LogP contribution in [0.3, 0.4) is 0 Å². The molecule has 116 valence electrons. The predicted octanol–water partition coefficient (Wildman–Crippen LogP) is 3.24. The third-order valence-electron chi connectivity index (χ3n) is 5.11. The molecule has 0 amide bonds. The maximum Gasteiger partial charge on any atom is 0.311 e. The highest BCUT2D eigenvalue weighted by Crippen LogP contribution is 2.42. The molecule has 5 nitrogen and oxygen atoms in total. The molecule has 1 saturated carbocycles. The molecule has 0 radical (unpaired) electrons. The number of nitrogens with zero attached hydrogens (tertiary/aromatic N) is 2. The van der Waals surface area contributed by atoms with Crippen LogP contribution in [-0.2, 0) is 17.6 Å². The van der Waals surface area contributed by atoms with E-state index in [1.54, 1.807) is 17.7 Å². The molecular formula is C16H19N3O2S. The monoisotopic (exact) mass is 317 g/mol. The van der Waals surface area contributed by atoms with Crippen LogP contribution in [0.5, 0.6) is 0 Å². The maximum absolute atomic E-state index is 11.5. The summed E-state index contributed by atoms with van der Waals surface area (Å²) < 4.78 is 0. The van der Waals surface area contributed by atoms with Crippen LogP contribution in [0.25, 0.3) is 10.2 Å². The van der Waals surface area contributed by atoms with E-state index in [0.717, 1.165) is 48.1 Å². The van der Waals surface area contributed by atoms with E-state index in [2.05, 4.69) is 15.3 Å². The van der Waals surface area contributed by atoms with Gasteiger partial charge in [-0.05, 0) is 44.1 Å². The molecule has 2 N–H and O–H groups in total. The van der Waals surface area contributed by atoms with Crippen LogP contribution in [0, 0.1) is 5.41 Å². The van der Waals surface area contributed by atoms with Gasteiger partial charge in [0, 0.05) is 11.4 Å². The first-order chi connectivity index (χ1) is 10.7. The molecule has 22 heavy (non-hydrogen) atoms. The van der Waals surface area contributed by atoms with Crippen LogP contribution in [0.4, 0.5) is 5.82 Å². The first-order valence-electron chi connectivity index (χ1n) is 7.92. The van der Waals surface area contributed by atoms with Gasteiger partial charge in [-0.2, -0.15) is 0 Å². The lowest BCUT2D eigenvalue weighted by molar-refractivity contribution is -0.153. The highest BCUT2D eigenvalue weighted by atomic mass is 32.1. The number of carbonyl (C=O) groups is 1. The summed E-state index contributed by atoms with van der Waals surface area (Å²) in [5.74, 6) is 0.126. The Bertz CT molecular complexity index is 736. The van der Waals surface area contributed by atoms with Gasteiger partial charge in [0.2, 0.25) is 0 Å². The molecule has 0 saturated heterocycles. The second-order valence-corrected chi connectivity index (χ2v) is 7.49. The van der Waals surface area contributed by atoms with Crippen LogP contribution < -0.4 is 5.32 Å². The molecule has 0 spiro atoms. The van der Waals surface area contributed by atoms with Gasteiger partial charge in [-0.15, -0.1) is 11.3 Å². The van der Waals surface area contributed by atoms with Gasteiger partial charge in [0.05, 0.1) is 10.8 Å². The van der Waals surface area contributed by atoms with Crippen molar-refractivity contribution in [2.24, 2.45) is 5.41 Å². The minimum Gasteiger partial charge on any atom is -0.481 e. The van der Waals surface area contributed by atoms with Gasteiger partial charge in [0.15, 0.2) is 0 Å². The number of carboxylic acids is 1. The van der Waals surface area contributed by atoms with Gasteiger partial charge in [-0.1, -0.05) is 6.42 Å². The summed E-state index contributed by atoms with van der Waals surface area (Å²) in [6.45, 7) is 0.457. The molecule has 2 heterocycles. The molecule has 1 fully saturated rings. The van der Waals surface area contributed by atoms with Gasteiger partial charge in [-0.3, -0.25) is 4.79 Å². The summed E-state index contributed by atoms with van der Waals surface area (Å²) >= 11 is 1.77. The Kier molecular flexibility index (Phi) is 3.29. The Hall–Kier alpha value is -1.69. The predicted molar refractivity (Wildman–Crippen MR) is 86.5 cm³/mol. The third kappa shape index (κ3) is 2.08. The molecular weight excluding hydrogens is 298 g/mol. The van der Waals surface area contributed by atoms with Crippen LogP contribution in [0.15, 0.2) is 6.33 Å². The van der Waals surface area contributed by atoms with Crippen LogP contribution in [0.1, 0.15) is 42.5 Å². The number of nitrogens with one attached hydrogen (secondary N) is 1. The zero-order valence-corrected chi connectivity index (χ0v) is 13.2. The van der Waals surface area contributed by atoms with E-state index >= 15 is 0 Å². The smallest absolute Gasteiger partial charge is 0.311 e. The van der Waals surface area contributed by atoms with E-state index in [-0.39, 0.29) is 0 Å². The molecule has 0 aromatic carbocycles. The van der Waals surface area contributed by atoms with E-state index in [9.17, 15) is 9.90 Å². The van der Waals surface area contributed by atoms with Crippen molar-refractivity contribution in [3.8, 4) is 0 Å². The number of rotatable bonds is 4. The van der Waals surface area contributed by atoms with Gasteiger partial charge in [-0.25, -0.2) is 9.97 Å². The number of hydrogen-bond donors (Lipinski definition) is 2. The van der Waals surface area contributed by atoms with Crippen LogP contribution >= 0.6 is 11.3 Å². The zero-order valence-electron chi connectivity index (χ0n) is 12.4. The minimum atomic E-state index is -0.691. The van der Waals surface area contributed by atoms with E-state index in [4.69, 9.17) is 0 Å². The van der Waals surface area contributed by atoms with Crippen molar-refractivity contribution in [3.05, 3.63) is 16.8 Å². The molecule has 0 bridgehead atoms. The Morgan fingerprint density at radius 1 is 1.27 bits per heavy atom. The molecule has 2 aromatic rings. The second-order valence-electron chi connectivity index (χ2n) is 6.41. The molecule has 2 aliphatic rings. The maximum atomic E-state index is 11.5. The fourth-order valence-corrected chi connectivity index (χ4v) is 4.78. The summed E-state index contributed by atoms with van der Waals surface area (Å²) in [7, 11) is 0. The van der Waals surface area contributed by atoms with Crippen molar-refractivity contribution in [2.75, 3.05) is 11.9 Å². The van der Waals surface area contributed by atoms with E-state index < -0.39 is 11.4 Å². The molecule has 0 aliphatic heterocycles. The number of carboxylic acid groups (broad SMARTS) is 1. The van der Waals surface area contributed by atoms with Crippen molar-refractivity contribution in [1.29, 1.82) is 0 Å². The lowest BCUT2D eigenvalue weighted by atomic mass is 9.69. The van der Waals surface area contributed by atoms with Gasteiger partial charge >= 0.3 is 5.97 Å². The number of aromatic nitrogens is 2. The summed E-state index contributed by atoms with van der Waals surface area (Å²) in [6, 6.07) is 0. The summed E-state index contributed by atoms with van der Waals surface area (Å²) in [5.41, 5.74) is 0.778. The first kappa shape index (κ1) is 13.9. The Labute approximate surface area is 132 Å².